The lowest BCUT2D eigenvalue weighted by Gasteiger charge is -2.23. The van der Waals surface area contributed by atoms with Crippen LogP contribution < -0.4 is 10.6 Å². The third kappa shape index (κ3) is 4.45. The first-order valence-electron chi connectivity index (χ1n) is 9.94. The Morgan fingerprint density at radius 2 is 1.47 bits per heavy atom. The number of ether oxygens (including phenoxy) is 1. The molecule has 1 aliphatic carbocycles. The minimum Gasteiger partial charge on any atom is -0.480 e. The summed E-state index contributed by atoms with van der Waals surface area (Å²) in [6.45, 7) is 5.03. The van der Waals surface area contributed by atoms with Crippen molar-refractivity contribution < 1.29 is 24.2 Å². The van der Waals surface area contributed by atoms with Crippen molar-refractivity contribution in [1.82, 2.24) is 10.6 Å². The van der Waals surface area contributed by atoms with Crippen LogP contribution in [0.5, 0.6) is 0 Å². The van der Waals surface area contributed by atoms with Gasteiger partial charge in [0.1, 0.15) is 18.7 Å². The lowest BCUT2D eigenvalue weighted by Crippen LogP contribution is -2.53. The number of benzene rings is 2. The van der Waals surface area contributed by atoms with Gasteiger partial charge in [-0.15, -0.1) is 0 Å². The van der Waals surface area contributed by atoms with Crippen LogP contribution in [-0.4, -0.2) is 41.8 Å². The minimum atomic E-state index is -1.15. The number of fused-ring (bicyclic) bond motifs is 3. The fraction of sp³-hybridized carbons (Fsp3) is 0.348. The predicted octanol–water partition coefficient (Wildman–Crippen LogP) is 3.14. The number of hydrogen-bond acceptors (Lipinski definition) is 4. The highest BCUT2D eigenvalue weighted by molar-refractivity contribution is 5.89. The molecule has 2 amide bonds. The van der Waals surface area contributed by atoms with Crippen molar-refractivity contribution in [2.45, 2.75) is 38.8 Å². The van der Waals surface area contributed by atoms with Gasteiger partial charge in [-0.05, 0) is 35.1 Å². The van der Waals surface area contributed by atoms with Gasteiger partial charge in [-0.2, -0.15) is 0 Å². The van der Waals surface area contributed by atoms with Gasteiger partial charge < -0.3 is 20.5 Å². The van der Waals surface area contributed by atoms with Gasteiger partial charge in [0.05, 0.1) is 0 Å². The van der Waals surface area contributed by atoms with E-state index in [4.69, 9.17) is 9.84 Å². The first-order chi connectivity index (χ1) is 14.3. The van der Waals surface area contributed by atoms with Gasteiger partial charge in [0.15, 0.2) is 0 Å². The van der Waals surface area contributed by atoms with Gasteiger partial charge in [0.25, 0.3) is 0 Å². The molecule has 0 heterocycles. The molecule has 0 spiro atoms. The molecule has 3 N–H and O–H groups in total. The minimum absolute atomic E-state index is 0.0819. The van der Waals surface area contributed by atoms with E-state index in [0.29, 0.717) is 0 Å². The average Bonchev–Trinajstić information content (AvgIpc) is 3.04. The molecule has 0 radical (unpaired) electrons. The highest BCUT2D eigenvalue weighted by atomic mass is 16.5. The summed E-state index contributed by atoms with van der Waals surface area (Å²) in [6, 6.07) is 14.1. The van der Waals surface area contributed by atoms with Crippen molar-refractivity contribution >= 4 is 18.0 Å². The normalized spacial score (nSPS) is 14.4. The second kappa shape index (κ2) is 8.98. The summed E-state index contributed by atoms with van der Waals surface area (Å²) < 4.78 is 5.48. The molecule has 0 saturated carbocycles. The van der Waals surface area contributed by atoms with Crippen LogP contribution >= 0.6 is 0 Å². The lowest BCUT2D eigenvalue weighted by molar-refractivity contribution is -0.141. The number of rotatable bonds is 7. The van der Waals surface area contributed by atoms with E-state index in [0.717, 1.165) is 22.3 Å². The molecule has 2 aromatic carbocycles. The van der Waals surface area contributed by atoms with Gasteiger partial charge in [-0.25, -0.2) is 4.79 Å². The summed E-state index contributed by atoms with van der Waals surface area (Å²) in [4.78, 5) is 35.8. The average molecular weight is 410 g/mol. The fourth-order valence-electron chi connectivity index (χ4n) is 3.67. The summed E-state index contributed by atoms with van der Waals surface area (Å²) in [5, 5.41) is 13.9. The van der Waals surface area contributed by atoms with E-state index in [1.807, 2.05) is 36.4 Å². The van der Waals surface area contributed by atoms with Crippen molar-refractivity contribution in [3.8, 4) is 11.1 Å². The Bertz CT molecular complexity index is 911. The summed E-state index contributed by atoms with van der Waals surface area (Å²) in [6.07, 6.45) is -0.714. The smallest absolute Gasteiger partial charge is 0.407 e. The number of amides is 2. The first kappa shape index (κ1) is 21.4. The number of carbonyl (C=O) groups excluding carboxylic acids is 2. The van der Waals surface area contributed by atoms with Gasteiger partial charge in [0.2, 0.25) is 5.91 Å². The van der Waals surface area contributed by atoms with E-state index in [1.54, 1.807) is 13.8 Å². The maximum absolute atomic E-state index is 12.4. The number of carbonyl (C=O) groups is 3. The van der Waals surface area contributed by atoms with Gasteiger partial charge in [-0.3, -0.25) is 9.59 Å². The lowest BCUT2D eigenvalue weighted by atomic mass is 9.98. The number of alkyl carbamates (subject to hydrolysis) is 1. The number of aliphatic carboxylic acids is 1. The maximum atomic E-state index is 12.4. The molecule has 0 fully saturated rings. The molecule has 0 aromatic heterocycles. The molecule has 7 heteroatoms. The van der Waals surface area contributed by atoms with E-state index in [9.17, 15) is 14.4 Å². The Balaban J connectivity index is 1.66. The van der Waals surface area contributed by atoms with Crippen LogP contribution in [0.25, 0.3) is 11.1 Å². The summed E-state index contributed by atoms with van der Waals surface area (Å²) in [7, 11) is 0. The van der Waals surface area contributed by atoms with Crippen molar-refractivity contribution in [2.75, 3.05) is 6.61 Å². The van der Waals surface area contributed by atoms with Crippen molar-refractivity contribution in [3.63, 3.8) is 0 Å². The SMILES string of the molecule is CC(NC(=O)C(NC(=O)OCC1c2ccccc2-c2ccccc21)C(C)C)C(=O)O. The topological polar surface area (TPSA) is 105 Å². The van der Waals surface area contributed by atoms with Crippen LogP contribution in [0.1, 0.15) is 37.8 Å². The molecule has 2 aromatic rings. The third-order valence-electron chi connectivity index (χ3n) is 5.30. The van der Waals surface area contributed by atoms with E-state index >= 15 is 0 Å². The highest BCUT2D eigenvalue weighted by Gasteiger charge is 2.31. The molecule has 0 bridgehead atoms. The van der Waals surface area contributed by atoms with Gasteiger partial charge in [-0.1, -0.05) is 62.4 Å². The second-order valence-corrected chi connectivity index (χ2v) is 7.76. The number of nitrogens with one attached hydrogen (secondary N) is 2. The molecule has 2 atom stereocenters. The van der Waals surface area contributed by atoms with Crippen LogP contribution in [0.15, 0.2) is 48.5 Å². The Labute approximate surface area is 175 Å². The Hall–Kier alpha value is -3.35. The molecular weight excluding hydrogens is 384 g/mol. The predicted molar refractivity (Wildman–Crippen MR) is 112 cm³/mol. The molecule has 7 nitrogen and oxygen atoms in total. The monoisotopic (exact) mass is 410 g/mol. The molecule has 0 saturated heterocycles. The molecule has 1 aliphatic rings. The largest absolute Gasteiger partial charge is 0.480 e. The first-order valence-corrected chi connectivity index (χ1v) is 9.94. The van der Waals surface area contributed by atoms with Crippen LogP contribution in [0.4, 0.5) is 4.79 Å². The van der Waals surface area contributed by atoms with Gasteiger partial charge in [0, 0.05) is 5.92 Å². The van der Waals surface area contributed by atoms with E-state index < -0.39 is 30.1 Å². The zero-order valence-electron chi connectivity index (χ0n) is 17.2. The van der Waals surface area contributed by atoms with E-state index in [2.05, 4.69) is 22.8 Å². The number of hydrogen-bond donors (Lipinski definition) is 3. The van der Waals surface area contributed by atoms with Crippen molar-refractivity contribution in [1.29, 1.82) is 0 Å². The van der Waals surface area contributed by atoms with E-state index in [1.165, 1.54) is 6.92 Å². The van der Waals surface area contributed by atoms with Crippen LogP contribution in [0, 0.1) is 5.92 Å². The Morgan fingerprint density at radius 1 is 0.933 bits per heavy atom. The summed E-state index contributed by atoms with van der Waals surface area (Å²) >= 11 is 0. The quantitative estimate of drug-likeness (QED) is 0.650. The van der Waals surface area contributed by atoms with Gasteiger partial charge >= 0.3 is 12.1 Å². The highest BCUT2D eigenvalue weighted by Crippen LogP contribution is 2.44. The standard InChI is InChI=1S/C23H26N2O5/c1-13(2)20(21(26)24-14(3)22(27)28)25-23(29)30-12-19-17-10-6-4-8-15(17)16-9-5-7-11-18(16)19/h4-11,13-14,19-20H,12H2,1-3H3,(H,24,26)(H,25,29)(H,27,28). The van der Waals surface area contributed by atoms with Crippen molar-refractivity contribution in [2.24, 2.45) is 5.92 Å². The van der Waals surface area contributed by atoms with Crippen molar-refractivity contribution in [3.05, 3.63) is 59.7 Å². The summed E-state index contributed by atoms with van der Waals surface area (Å²) in [5.74, 6) is -2.03. The molecule has 30 heavy (non-hydrogen) atoms. The van der Waals surface area contributed by atoms with Crippen LogP contribution in [-0.2, 0) is 14.3 Å². The third-order valence-corrected chi connectivity index (χ3v) is 5.30. The zero-order chi connectivity index (χ0) is 21.8. The molecule has 0 aliphatic heterocycles. The zero-order valence-corrected chi connectivity index (χ0v) is 17.2. The molecule has 158 valence electrons. The fourth-order valence-corrected chi connectivity index (χ4v) is 3.67. The maximum Gasteiger partial charge on any atom is 0.407 e. The van der Waals surface area contributed by atoms with E-state index in [-0.39, 0.29) is 18.4 Å². The van der Waals surface area contributed by atoms with Crippen LogP contribution in [0.3, 0.4) is 0 Å². The molecule has 3 rings (SSSR count). The number of carboxylic acid groups (broad SMARTS) is 1. The molecule has 2 unspecified atom stereocenters. The Morgan fingerprint density at radius 3 is 1.97 bits per heavy atom. The molecular formula is C23H26N2O5. The number of carboxylic acids is 1. The second-order valence-electron chi connectivity index (χ2n) is 7.76. The van der Waals surface area contributed by atoms with Crippen LogP contribution in [0.2, 0.25) is 0 Å². The summed E-state index contributed by atoms with van der Waals surface area (Å²) in [5.41, 5.74) is 4.45. The Kier molecular flexibility index (Phi) is 6.40.